The topological polar surface area (TPSA) is 43.2 Å². The zero-order chi connectivity index (χ0) is 10.1. The lowest BCUT2D eigenvalue weighted by Crippen LogP contribution is -2.04. The Kier molecular flexibility index (Phi) is 1.78. The van der Waals surface area contributed by atoms with Crippen molar-refractivity contribution in [2.45, 2.75) is 0 Å². The van der Waals surface area contributed by atoms with Crippen LogP contribution in [0.15, 0.2) is 40.1 Å². The fourth-order valence-electron chi connectivity index (χ4n) is 1.56. The first kappa shape index (κ1) is 8.23. The van der Waals surface area contributed by atoms with Gasteiger partial charge in [-0.2, -0.15) is 0 Å². The fraction of sp³-hybridized carbons (Fsp3) is 0.0909. The van der Waals surface area contributed by atoms with Crippen LogP contribution in [-0.2, 0) is 4.74 Å². The lowest BCUT2D eigenvalue weighted by atomic mass is 10.1. The highest BCUT2D eigenvalue weighted by Crippen LogP contribution is 2.31. The monoisotopic (exact) mass is 200 g/mol. The summed E-state index contributed by atoms with van der Waals surface area (Å²) in [6, 6.07) is 7.61. The van der Waals surface area contributed by atoms with Crippen molar-refractivity contribution in [2.24, 2.45) is 10.1 Å². The summed E-state index contributed by atoms with van der Waals surface area (Å²) >= 11 is 0. The number of aliphatic imine (C=N–C) groups is 1. The van der Waals surface area contributed by atoms with Crippen molar-refractivity contribution in [2.75, 3.05) is 6.61 Å². The van der Waals surface area contributed by atoms with Crippen LogP contribution in [-0.4, -0.2) is 19.0 Å². The molecule has 0 atom stereocenters. The summed E-state index contributed by atoms with van der Waals surface area (Å²) in [6.45, 7) is 0.487. The van der Waals surface area contributed by atoms with Gasteiger partial charge in [0.1, 0.15) is 12.3 Å². The molecule has 4 heteroatoms. The molecule has 4 nitrogen and oxygen atoms in total. The first-order valence-corrected chi connectivity index (χ1v) is 4.64. The Bertz CT molecular complexity index is 489. The summed E-state index contributed by atoms with van der Waals surface area (Å²) in [5.41, 5.74) is 1.59. The summed E-state index contributed by atoms with van der Waals surface area (Å²) in [7, 11) is 0. The second-order valence-electron chi connectivity index (χ2n) is 3.16. The Morgan fingerprint density at radius 1 is 1.20 bits per heavy atom. The standard InChI is InChI=1S/C11H8N2O2/c1-2-4-10-8(3-1)11-9(7-13-15-10)12-5-6-14-11/h1-5,7H,6H2. The third kappa shape index (κ3) is 1.30. The minimum absolute atomic E-state index is 0.487. The van der Waals surface area contributed by atoms with Gasteiger partial charge in [-0.1, -0.05) is 17.3 Å². The van der Waals surface area contributed by atoms with E-state index in [0.717, 1.165) is 11.3 Å². The number of rotatable bonds is 0. The van der Waals surface area contributed by atoms with Gasteiger partial charge in [0.05, 0.1) is 11.8 Å². The number of ether oxygens (including phenoxy) is 1. The molecule has 15 heavy (non-hydrogen) atoms. The molecule has 0 amide bonds. The fourth-order valence-corrected chi connectivity index (χ4v) is 1.56. The van der Waals surface area contributed by atoms with Crippen LogP contribution in [0.1, 0.15) is 5.56 Å². The van der Waals surface area contributed by atoms with E-state index in [9.17, 15) is 0 Å². The van der Waals surface area contributed by atoms with Gasteiger partial charge in [-0.3, -0.25) is 4.99 Å². The summed E-state index contributed by atoms with van der Waals surface area (Å²) in [6.07, 6.45) is 3.27. The highest BCUT2D eigenvalue weighted by Gasteiger charge is 2.19. The largest absolute Gasteiger partial charge is 0.485 e. The zero-order valence-electron chi connectivity index (χ0n) is 7.88. The summed E-state index contributed by atoms with van der Waals surface area (Å²) in [4.78, 5) is 9.42. The Balaban J connectivity index is 2.23. The second-order valence-corrected chi connectivity index (χ2v) is 3.16. The Labute approximate surface area is 86.5 Å². The van der Waals surface area contributed by atoms with Gasteiger partial charge in [0.2, 0.25) is 0 Å². The quantitative estimate of drug-likeness (QED) is 0.641. The third-order valence-electron chi connectivity index (χ3n) is 2.22. The molecule has 0 spiro atoms. The maximum Gasteiger partial charge on any atom is 0.168 e. The maximum absolute atomic E-state index is 5.55. The number of allylic oxidation sites excluding steroid dienone is 1. The molecule has 0 saturated carbocycles. The number of para-hydroxylation sites is 1. The minimum atomic E-state index is 0.487. The molecule has 1 aromatic rings. The molecular weight excluding hydrogens is 192 g/mol. The van der Waals surface area contributed by atoms with Crippen molar-refractivity contribution >= 4 is 18.2 Å². The second kappa shape index (κ2) is 3.24. The summed E-state index contributed by atoms with van der Waals surface area (Å²) in [5.74, 6) is 1.42. The lowest BCUT2D eigenvalue weighted by Gasteiger charge is -2.13. The molecule has 0 saturated heterocycles. The van der Waals surface area contributed by atoms with E-state index < -0.39 is 0 Å². The molecule has 0 unspecified atom stereocenters. The average molecular weight is 200 g/mol. The van der Waals surface area contributed by atoms with Crippen molar-refractivity contribution in [1.29, 1.82) is 0 Å². The number of benzene rings is 1. The van der Waals surface area contributed by atoms with Crippen LogP contribution in [0.4, 0.5) is 0 Å². The van der Waals surface area contributed by atoms with Gasteiger partial charge in [-0.05, 0) is 12.1 Å². The molecule has 0 aromatic heterocycles. The van der Waals surface area contributed by atoms with E-state index in [4.69, 9.17) is 9.57 Å². The van der Waals surface area contributed by atoms with Crippen LogP contribution in [0.25, 0.3) is 5.76 Å². The molecule has 0 N–H and O–H groups in total. The smallest absolute Gasteiger partial charge is 0.168 e. The van der Waals surface area contributed by atoms with Crippen molar-refractivity contribution in [3.8, 4) is 5.75 Å². The van der Waals surface area contributed by atoms with E-state index in [1.807, 2.05) is 24.3 Å². The first-order valence-electron chi connectivity index (χ1n) is 4.64. The highest BCUT2D eigenvalue weighted by atomic mass is 16.6. The van der Waals surface area contributed by atoms with E-state index in [0.29, 0.717) is 18.1 Å². The van der Waals surface area contributed by atoms with Gasteiger partial charge in [0.15, 0.2) is 11.5 Å². The minimum Gasteiger partial charge on any atom is -0.485 e. The van der Waals surface area contributed by atoms with Gasteiger partial charge < -0.3 is 9.57 Å². The molecule has 1 aromatic carbocycles. The Morgan fingerprint density at radius 3 is 3.13 bits per heavy atom. The number of fused-ring (bicyclic) bond motifs is 2. The predicted octanol–water partition coefficient (Wildman–Crippen LogP) is 1.83. The van der Waals surface area contributed by atoms with Crippen LogP contribution in [0.2, 0.25) is 0 Å². The summed E-state index contributed by atoms with van der Waals surface area (Å²) < 4.78 is 5.55. The molecule has 0 aliphatic carbocycles. The van der Waals surface area contributed by atoms with Crippen molar-refractivity contribution in [3.63, 3.8) is 0 Å². The van der Waals surface area contributed by atoms with Crippen LogP contribution < -0.4 is 4.84 Å². The number of oxime groups is 1. The third-order valence-corrected chi connectivity index (χ3v) is 2.22. The number of hydrogen-bond donors (Lipinski definition) is 0. The maximum atomic E-state index is 5.55. The van der Waals surface area contributed by atoms with E-state index >= 15 is 0 Å². The van der Waals surface area contributed by atoms with Crippen LogP contribution in [0, 0.1) is 0 Å². The molecule has 2 aliphatic rings. The molecular formula is C11H8N2O2. The van der Waals surface area contributed by atoms with Gasteiger partial charge in [0, 0.05) is 6.21 Å². The molecule has 2 heterocycles. The Morgan fingerprint density at radius 2 is 2.13 bits per heavy atom. The first-order chi connectivity index (χ1) is 7.45. The predicted molar refractivity (Wildman–Crippen MR) is 56.9 cm³/mol. The van der Waals surface area contributed by atoms with Crippen molar-refractivity contribution in [3.05, 3.63) is 35.5 Å². The van der Waals surface area contributed by atoms with Gasteiger partial charge in [-0.25, -0.2) is 0 Å². The molecule has 0 fully saturated rings. The molecule has 74 valence electrons. The number of hydrogen-bond acceptors (Lipinski definition) is 4. The van der Waals surface area contributed by atoms with E-state index in [2.05, 4.69) is 10.1 Å². The van der Waals surface area contributed by atoms with E-state index in [1.165, 1.54) is 0 Å². The molecule has 2 aliphatic heterocycles. The SMILES string of the molecule is C1=NOc2ccccc2C2=C1N=CCO2. The van der Waals surface area contributed by atoms with E-state index in [1.54, 1.807) is 12.4 Å². The Hall–Kier alpha value is -2.10. The average Bonchev–Trinajstić information content (AvgIpc) is 2.48. The van der Waals surface area contributed by atoms with Crippen LogP contribution >= 0.6 is 0 Å². The van der Waals surface area contributed by atoms with Crippen LogP contribution in [0.3, 0.4) is 0 Å². The lowest BCUT2D eigenvalue weighted by molar-refractivity contribution is 0.322. The van der Waals surface area contributed by atoms with Gasteiger partial charge in [-0.15, -0.1) is 0 Å². The van der Waals surface area contributed by atoms with E-state index in [-0.39, 0.29) is 0 Å². The molecule has 3 rings (SSSR count). The zero-order valence-corrected chi connectivity index (χ0v) is 7.88. The van der Waals surface area contributed by atoms with Crippen molar-refractivity contribution in [1.82, 2.24) is 0 Å². The van der Waals surface area contributed by atoms with Gasteiger partial charge in [0.25, 0.3) is 0 Å². The van der Waals surface area contributed by atoms with Crippen molar-refractivity contribution < 1.29 is 9.57 Å². The van der Waals surface area contributed by atoms with Crippen LogP contribution in [0.5, 0.6) is 5.75 Å². The highest BCUT2D eigenvalue weighted by molar-refractivity contribution is 5.93. The summed E-state index contributed by atoms with van der Waals surface area (Å²) in [5, 5.41) is 3.82. The molecule has 0 radical (unpaired) electrons. The molecule has 0 bridgehead atoms. The normalized spacial score (nSPS) is 17.3. The van der Waals surface area contributed by atoms with Gasteiger partial charge >= 0.3 is 0 Å². The number of nitrogens with zero attached hydrogens (tertiary/aromatic N) is 2.